The summed E-state index contributed by atoms with van der Waals surface area (Å²) >= 11 is 0. The van der Waals surface area contributed by atoms with Crippen molar-refractivity contribution in [1.82, 2.24) is 0 Å². The van der Waals surface area contributed by atoms with Crippen molar-refractivity contribution >= 4 is 5.69 Å². The molecule has 80 valence electrons. The molecule has 0 spiro atoms. The van der Waals surface area contributed by atoms with E-state index < -0.39 is 11.2 Å². The van der Waals surface area contributed by atoms with Crippen LogP contribution in [0.25, 0.3) is 0 Å². The second kappa shape index (κ2) is 3.97. The summed E-state index contributed by atoms with van der Waals surface area (Å²) in [6.07, 6.45) is 0. The van der Waals surface area contributed by atoms with Gasteiger partial charge in [-0.3, -0.25) is 0 Å². The molecule has 4 heteroatoms. The van der Waals surface area contributed by atoms with Gasteiger partial charge in [0.05, 0.1) is 18.5 Å². The van der Waals surface area contributed by atoms with Crippen molar-refractivity contribution in [3.05, 3.63) is 34.8 Å². The molecule has 1 N–H and O–H groups in total. The fourth-order valence-electron chi connectivity index (χ4n) is 1.25. The third kappa shape index (κ3) is 2.32. The van der Waals surface area contributed by atoms with Crippen LogP contribution in [-0.2, 0) is 5.41 Å². The van der Waals surface area contributed by atoms with Crippen LogP contribution < -0.4 is 5.06 Å². The Labute approximate surface area is 88.3 Å². The summed E-state index contributed by atoms with van der Waals surface area (Å²) in [4.78, 5) is 0. The lowest BCUT2D eigenvalue weighted by atomic mass is 9.86. The lowest BCUT2D eigenvalue weighted by molar-refractivity contribution is -0.752. The minimum absolute atomic E-state index is 0.0378. The van der Waals surface area contributed by atoms with Gasteiger partial charge in [0.25, 0.3) is 0 Å². The summed E-state index contributed by atoms with van der Waals surface area (Å²) in [5.74, 6) is -0.542. The van der Waals surface area contributed by atoms with E-state index in [0.717, 1.165) is 0 Å². The molecule has 0 fully saturated rings. The largest absolute Gasteiger partial charge is 0.629 e. The number of benzene rings is 1. The predicted molar refractivity (Wildman–Crippen MR) is 55.0 cm³/mol. The molecule has 0 saturated carbocycles. The highest BCUT2D eigenvalue weighted by Gasteiger charge is 2.22. The van der Waals surface area contributed by atoms with E-state index in [-0.39, 0.29) is 10.8 Å². The lowest BCUT2D eigenvalue weighted by Gasteiger charge is -2.20. The second-order valence-electron chi connectivity index (χ2n) is 3.99. The van der Waals surface area contributed by atoms with Gasteiger partial charge in [0.1, 0.15) is 0 Å². The third-order valence-electron chi connectivity index (χ3n) is 2.35. The van der Waals surface area contributed by atoms with Crippen LogP contribution in [0.1, 0.15) is 19.4 Å². The molecular weight excluding hydrogens is 195 g/mol. The first-order chi connectivity index (χ1) is 6.88. The number of nitriles is 1. The first-order valence-corrected chi connectivity index (χ1v) is 4.60. The number of nitrogens with zero attached hydrogens (tertiary/aromatic N) is 1. The summed E-state index contributed by atoms with van der Waals surface area (Å²) < 4.78 is 13.2. The van der Waals surface area contributed by atoms with Crippen molar-refractivity contribution in [2.75, 3.05) is 7.05 Å². The van der Waals surface area contributed by atoms with Gasteiger partial charge in [0, 0.05) is 6.07 Å². The number of hydrogen-bond donors (Lipinski definition) is 1. The topological polar surface area (TPSA) is 51.3 Å². The molecule has 0 amide bonds. The van der Waals surface area contributed by atoms with E-state index in [1.807, 2.05) is 0 Å². The zero-order valence-corrected chi connectivity index (χ0v) is 8.97. The van der Waals surface area contributed by atoms with Crippen LogP contribution in [0.4, 0.5) is 10.1 Å². The Hall–Kier alpha value is -1.44. The van der Waals surface area contributed by atoms with E-state index in [1.54, 1.807) is 13.8 Å². The fraction of sp³-hybridized carbons (Fsp3) is 0.364. The Morgan fingerprint density at radius 3 is 2.53 bits per heavy atom. The first-order valence-electron chi connectivity index (χ1n) is 4.60. The molecule has 0 radical (unpaired) electrons. The number of hydrogen-bond acceptors (Lipinski definition) is 2. The quantitative estimate of drug-likeness (QED) is 0.744. The number of quaternary nitrogens is 1. The van der Waals surface area contributed by atoms with Crippen molar-refractivity contribution in [1.29, 1.82) is 5.26 Å². The van der Waals surface area contributed by atoms with Crippen LogP contribution in [0, 0.1) is 22.4 Å². The molecule has 0 aromatic heterocycles. The van der Waals surface area contributed by atoms with Gasteiger partial charge >= 0.3 is 0 Å². The van der Waals surface area contributed by atoms with Gasteiger partial charge in [-0.25, -0.2) is 4.39 Å². The molecule has 1 atom stereocenters. The number of hydroxylamine groups is 1. The molecule has 15 heavy (non-hydrogen) atoms. The predicted octanol–water partition coefficient (Wildman–Crippen LogP) is 1.27. The highest BCUT2D eigenvalue weighted by Crippen LogP contribution is 2.24. The van der Waals surface area contributed by atoms with E-state index in [4.69, 9.17) is 5.26 Å². The fourth-order valence-corrected chi connectivity index (χ4v) is 1.25. The van der Waals surface area contributed by atoms with E-state index >= 15 is 0 Å². The molecule has 0 aliphatic carbocycles. The standard InChI is InChI=1S/C11H13FN2O/c1-11(2,7-13)8-4-5-9(12)10(6-8)14(3)15/h4-6,14H,1-3H3. The summed E-state index contributed by atoms with van der Waals surface area (Å²) in [6, 6.07) is 6.31. The Kier molecular flexibility index (Phi) is 3.08. The number of nitrogens with one attached hydrogen (secondary N) is 1. The molecular formula is C11H13FN2O. The summed E-state index contributed by atoms with van der Waals surface area (Å²) in [7, 11) is 1.31. The minimum atomic E-state index is -0.710. The monoisotopic (exact) mass is 208 g/mol. The normalized spacial score (nSPS) is 13.3. The van der Waals surface area contributed by atoms with Crippen molar-refractivity contribution in [2.24, 2.45) is 0 Å². The highest BCUT2D eigenvalue weighted by atomic mass is 19.1. The maximum atomic E-state index is 13.2. The maximum Gasteiger partial charge on any atom is 0.184 e. The molecule has 1 aromatic carbocycles. The van der Waals surface area contributed by atoms with E-state index in [9.17, 15) is 9.60 Å². The van der Waals surface area contributed by atoms with Gasteiger partial charge in [-0.05, 0) is 25.5 Å². The second-order valence-corrected chi connectivity index (χ2v) is 3.99. The number of halogens is 1. The van der Waals surface area contributed by atoms with Crippen LogP contribution in [0.15, 0.2) is 18.2 Å². The van der Waals surface area contributed by atoms with Crippen LogP contribution in [0.5, 0.6) is 0 Å². The van der Waals surface area contributed by atoms with E-state index in [0.29, 0.717) is 5.56 Å². The van der Waals surface area contributed by atoms with Gasteiger partial charge in [-0.1, -0.05) is 6.07 Å². The average molecular weight is 208 g/mol. The van der Waals surface area contributed by atoms with E-state index in [1.165, 1.54) is 25.2 Å². The van der Waals surface area contributed by atoms with Gasteiger partial charge in [0.2, 0.25) is 0 Å². The SMILES string of the molecule is C[NH+]([O-])c1cc(C(C)(C)C#N)ccc1F. The van der Waals surface area contributed by atoms with Crippen LogP contribution in [0.3, 0.4) is 0 Å². The molecule has 0 saturated heterocycles. The Morgan fingerprint density at radius 1 is 1.47 bits per heavy atom. The Bertz CT molecular complexity index is 408. The minimum Gasteiger partial charge on any atom is -0.629 e. The summed E-state index contributed by atoms with van der Waals surface area (Å²) in [5.41, 5.74) is -0.0230. The Morgan fingerprint density at radius 2 is 2.07 bits per heavy atom. The van der Waals surface area contributed by atoms with Gasteiger partial charge in [-0.15, -0.1) is 0 Å². The zero-order chi connectivity index (χ0) is 11.6. The van der Waals surface area contributed by atoms with E-state index in [2.05, 4.69) is 6.07 Å². The van der Waals surface area contributed by atoms with Crippen molar-refractivity contribution < 1.29 is 9.45 Å². The molecule has 3 nitrogen and oxygen atoms in total. The first kappa shape index (κ1) is 11.6. The zero-order valence-electron chi connectivity index (χ0n) is 8.97. The summed E-state index contributed by atoms with van der Waals surface area (Å²) in [6.45, 7) is 3.45. The molecule has 1 rings (SSSR count). The van der Waals surface area contributed by atoms with Crippen molar-refractivity contribution in [3.63, 3.8) is 0 Å². The molecule has 1 aromatic rings. The molecule has 0 aliphatic heterocycles. The van der Waals surface area contributed by atoms with Gasteiger partial charge in [-0.2, -0.15) is 5.26 Å². The maximum absolute atomic E-state index is 13.2. The summed E-state index contributed by atoms with van der Waals surface area (Å²) in [5, 5.41) is 19.7. The van der Waals surface area contributed by atoms with Crippen molar-refractivity contribution in [3.8, 4) is 6.07 Å². The average Bonchev–Trinajstić information content (AvgIpc) is 2.17. The third-order valence-corrected chi connectivity index (χ3v) is 2.35. The Balaban J connectivity index is 3.26. The van der Waals surface area contributed by atoms with Crippen LogP contribution in [-0.4, -0.2) is 7.05 Å². The van der Waals surface area contributed by atoms with Crippen molar-refractivity contribution in [2.45, 2.75) is 19.3 Å². The van der Waals surface area contributed by atoms with Gasteiger partial charge < -0.3 is 10.3 Å². The molecule has 0 bridgehead atoms. The van der Waals surface area contributed by atoms with Crippen LogP contribution >= 0.6 is 0 Å². The molecule has 0 aliphatic rings. The molecule has 1 unspecified atom stereocenters. The number of rotatable bonds is 2. The van der Waals surface area contributed by atoms with Crippen LogP contribution in [0.2, 0.25) is 0 Å². The lowest BCUT2D eigenvalue weighted by Crippen LogP contribution is -2.98. The van der Waals surface area contributed by atoms with Gasteiger partial charge in [0.15, 0.2) is 11.5 Å². The molecule has 0 heterocycles. The highest BCUT2D eigenvalue weighted by molar-refractivity contribution is 5.41. The smallest absolute Gasteiger partial charge is 0.184 e.